The van der Waals surface area contributed by atoms with E-state index in [0.717, 1.165) is 24.4 Å². The first-order chi connectivity index (χ1) is 10.2. The van der Waals surface area contributed by atoms with Gasteiger partial charge in [0.25, 0.3) is 0 Å². The Labute approximate surface area is 126 Å². The molecular weight excluding hydrogens is 264 g/mol. The summed E-state index contributed by atoms with van der Waals surface area (Å²) in [4.78, 5) is 11.8. The van der Waals surface area contributed by atoms with E-state index in [1.807, 2.05) is 12.4 Å². The van der Waals surface area contributed by atoms with Crippen LogP contribution >= 0.6 is 0 Å². The Hall–Kier alpha value is -1.52. The Kier molecular flexibility index (Phi) is 4.46. The van der Waals surface area contributed by atoms with Gasteiger partial charge in [-0.25, -0.2) is 0 Å². The Morgan fingerprint density at radius 2 is 2.19 bits per heavy atom. The van der Waals surface area contributed by atoms with Crippen LogP contribution in [0.2, 0.25) is 0 Å². The van der Waals surface area contributed by atoms with Crippen LogP contribution in [0.25, 0.3) is 0 Å². The van der Waals surface area contributed by atoms with Crippen molar-refractivity contribution in [1.29, 1.82) is 0 Å². The van der Waals surface area contributed by atoms with Crippen LogP contribution in [0.1, 0.15) is 51.9 Å². The number of aromatic nitrogens is 2. The molecule has 0 saturated heterocycles. The summed E-state index contributed by atoms with van der Waals surface area (Å²) < 4.78 is 1.72. The Morgan fingerprint density at radius 3 is 2.95 bits per heavy atom. The lowest BCUT2D eigenvalue weighted by Crippen LogP contribution is -2.29. The lowest BCUT2D eigenvalue weighted by Gasteiger charge is -2.29. The Bertz CT molecular complexity index is 480. The molecule has 2 aliphatic carbocycles. The van der Waals surface area contributed by atoms with E-state index in [9.17, 15) is 4.79 Å². The van der Waals surface area contributed by atoms with Crippen LogP contribution in [0.5, 0.6) is 0 Å². The van der Waals surface area contributed by atoms with Gasteiger partial charge in [-0.1, -0.05) is 26.2 Å². The zero-order chi connectivity index (χ0) is 14.7. The molecule has 5 heteroatoms. The second-order valence-corrected chi connectivity index (χ2v) is 6.55. The van der Waals surface area contributed by atoms with Gasteiger partial charge in [0.15, 0.2) is 0 Å². The third-order valence-corrected chi connectivity index (χ3v) is 4.61. The lowest BCUT2D eigenvalue weighted by molar-refractivity contribution is -0.122. The van der Waals surface area contributed by atoms with E-state index >= 15 is 0 Å². The molecule has 2 fully saturated rings. The van der Waals surface area contributed by atoms with Gasteiger partial charge in [-0.05, 0) is 31.6 Å². The van der Waals surface area contributed by atoms with Gasteiger partial charge in [0.05, 0.1) is 11.9 Å². The summed E-state index contributed by atoms with van der Waals surface area (Å²) in [6.07, 6.45) is 12.5. The minimum atomic E-state index is 0.0656. The predicted octanol–water partition coefficient (Wildman–Crippen LogP) is 2.54. The molecule has 0 aromatic carbocycles. The first-order valence-electron chi connectivity index (χ1n) is 8.31. The predicted molar refractivity (Wildman–Crippen MR) is 83.1 cm³/mol. The summed E-state index contributed by atoms with van der Waals surface area (Å²) in [6, 6.07) is 0.973. The molecule has 3 rings (SSSR count). The standard InChI is InChI=1S/C16H26N4O/c1-2-12-4-3-5-14(8-12)18-15-9-17-20(10-15)11-16(21)19-13-6-7-13/h9-10,12-14,18H,2-8,11H2,1H3,(H,19,21). The average Bonchev–Trinajstić information content (AvgIpc) is 3.18. The van der Waals surface area contributed by atoms with Crippen LogP contribution < -0.4 is 10.6 Å². The van der Waals surface area contributed by atoms with Gasteiger partial charge in [-0.3, -0.25) is 9.48 Å². The molecule has 0 radical (unpaired) electrons. The van der Waals surface area contributed by atoms with E-state index < -0.39 is 0 Å². The molecule has 1 amide bonds. The summed E-state index contributed by atoms with van der Waals surface area (Å²) in [5.74, 6) is 0.923. The second-order valence-electron chi connectivity index (χ2n) is 6.55. The monoisotopic (exact) mass is 290 g/mol. The molecule has 0 aliphatic heterocycles. The molecule has 5 nitrogen and oxygen atoms in total. The van der Waals surface area contributed by atoms with Gasteiger partial charge >= 0.3 is 0 Å². The van der Waals surface area contributed by atoms with Crippen LogP contribution in [0, 0.1) is 5.92 Å². The van der Waals surface area contributed by atoms with Gasteiger partial charge in [-0.15, -0.1) is 0 Å². The number of nitrogens with zero attached hydrogens (tertiary/aromatic N) is 2. The topological polar surface area (TPSA) is 59.0 Å². The minimum Gasteiger partial charge on any atom is -0.380 e. The van der Waals surface area contributed by atoms with Crippen molar-refractivity contribution in [3.8, 4) is 0 Å². The Balaban J connectivity index is 1.48. The van der Waals surface area contributed by atoms with Crippen molar-refractivity contribution in [1.82, 2.24) is 15.1 Å². The summed E-state index contributed by atoms with van der Waals surface area (Å²) in [7, 11) is 0. The summed E-state index contributed by atoms with van der Waals surface area (Å²) in [5, 5.41) is 10.8. The molecule has 1 aromatic rings. The molecule has 1 aromatic heterocycles. The fraction of sp³-hybridized carbons (Fsp3) is 0.750. The number of nitrogens with one attached hydrogen (secondary N) is 2. The van der Waals surface area contributed by atoms with E-state index in [4.69, 9.17) is 0 Å². The van der Waals surface area contributed by atoms with E-state index in [2.05, 4.69) is 22.7 Å². The van der Waals surface area contributed by atoms with Crippen molar-refractivity contribution in [3.63, 3.8) is 0 Å². The third-order valence-electron chi connectivity index (χ3n) is 4.61. The lowest BCUT2D eigenvalue weighted by atomic mass is 9.84. The zero-order valence-electron chi connectivity index (χ0n) is 12.8. The Morgan fingerprint density at radius 1 is 1.33 bits per heavy atom. The second kappa shape index (κ2) is 6.50. The minimum absolute atomic E-state index is 0.0656. The maximum Gasteiger partial charge on any atom is 0.241 e. The largest absolute Gasteiger partial charge is 0.380 e. The van der Waals surface area contributed by atoms with E-state index in [0.29, 0.717) is 18.6 Å². The number of amides is 1. The first-order valence-corrected chi connectivity index (χ1v) is 8.31. The molecule has 0 spiro atoms. The third kappa shape index (κ3) is 4.22. The maximum absolute atomic E-state index is 11.8. The average molecular weight is 290 g/mol. The molecule has 1 heterocycles. The van der Waals surface area contributed by atoms with Crippen molar-refractivity contribution < 1.29 is 4.79 Å². The maximum atomic E-state index is 11.8. The SMILES string of the molecule is CCC1CCCC(Nc2cnn(CC(=O)NC3CC3)c2)C1. The van der Waals surface area contributed by atoms with Crippen LogP contribution in [0.15, 0.2) is 12.4 Å². The van der Waals surface area contributed by atoms with Crippen molar-refractivity contribution >= 4 is 11.6 Å². The molecule has 2 saturated carbocycles. The zero-order valence-corrected chi connectivity index (χ0v) is 12.8. The molecule has 2 unspecified atom stereocenters. The fourth-order valence-electron chi connectivity index (χ4n) is 3.20. The summed E-state index contributed by atoms with van der Waals surface area (Å²) >= 11 is 0. The van der Waals surface area contributed by atoms with Crippen molar-refractivity contribution in [3.05, 3.63) is 12.4 Å². The van der Waals surface area contributed by atoms with Crippen LogP contribution in [0.3, 0.4) is 0 Å². The number of carbonyl (C=O) groups excluding carboxylic acids is 1. The fourth-order valence-corrected chi connectivity index (χ4v) is 3.20. The molecule has 2 N–H and O–H groups in total. The highest BCUT2D eigenvalue weighted by atomic mass is 16.2. The van der Waals surface area contributed by atoms with Gasteiger partial charge in [0, 0.05) is 18.3 Å². The normalized spacial score (nSPS) is 25.6. The van der Waals surface area contributed by atoms with Crippen LogP contribution in [-0.2, 0) is 11.3 Å². The van der Waals surface area contributed by atoms with Gasteiger partial charge < -0.3 is 10.6 Å². The number of carbonyl (C=O) groups is 1. The van der Waals surface area contributed by atoms with Crippen molar-refractivity contribution in [2.75, 3.05) is 5.32 Å². The molecule has 21 heavy (non-hydrogen) atoms. The van der Waals surface area contributed by atoms with Gasteiger partial charge in [0.1, 0.15) is 6.54 Å². The van der Waals surface area contributed by atoms with Crippen molar-refractivity contribution in [2.24, 2.45) is 5.92 Å². The summed E-state index contributed by atoms with van der Waals surface area (Å²) in [6.45, 7) is 2.60. The van der Waals surface area contributed by atoms with E-state index in [1.54, 1.807) is 4.68 Å². The van der Waals surface area contributed by atoms with Crippen molar-refractivity contribution in [2.45, 2.75) is 70.5 Å². The number of hydrogen-bond acceptors (Lipinski definition) is 3. The van der Waals surface area contributed by atoms with E-state index in [1.165, 1.54) is 32.1 Å². The van der Waals surface area contributed by atoms with Crippen LogP contribution in [0.4, 0.5) is 5.69 Å². The van der Waals surface area contributed by atoms with Crippen LogP contribution in [-0.4, -0.2) is 27.8 Å². The van der Waals surface area contributed by atoms with Gasteiger partial charge in [0.2, 0.25) is 5.91 Å². The number of rotatable bonds is 6. The van der Waals surface area contributed by atoms with Gasteiger partial charge in [-0.2, -0.15) is 5.10 Å². The number of hydrogen-bond donors (Lipinski definition) is 2. The smallest absolute Gasteiger partial charge is 0.241 e. The molecule has 0 bridgehead atoms. The molecule has 2 aliphatic rings. The molecule has 2 atom stereocenters. The highest BCUT2D eigenvalue weighted by Gasteiger charge is 2.23. The molecular formula is C16H26N4O. The number of anilines is 1. The highest BCUT2D eigenvalue weighted by molar-refractivity contribution is 5.76. The van der Waals surface area contributed by atoms with E-state index in [-0.39, 0.29) is 5.91 Å². The summed E-state index contributed by atoms with van der Waals surface area (Å²) in [5.41, 5.74) is 1.04. The quantitative estimate of drug-likeness (QED) is 0.846. The highest BCUT2D eigenvalue weighted by Crippen LogP contribution is 2.28. The first kappa shape index (κ1) is 14.4. The molecule has 116 valence electrons.